The molecule has 0 radical (unpaired) electrons. The first-order valence-corrected chi connectivity index (χ1v) is 6.30. The summed E-state index contributed by atoms with van der Waals surface area (Å²) in [5, 5.41) is 0. The van der Waals surface area contributed by atoms with E-state index in [4.69, 9.17) is 0 Å². The highest BCUT2D eigenvalue weighted by Gasteiger charge is 2.21. The van der Waals surface area contributed by atoms with Crippen LogP contribution in [0.15, 0.2) is 0 Å². The molecule has 0 aromatic heterocycles. The average molecular weight is 216 g/mol. The van der Waals surface area contributed by atoms with Crippen molar-refractivity contribution in [2.24, 2.45) is 5.92 Å². The molecule has 0 unspecified atom stereocenters. The van der Waals surface area contributed by atoms with Crippen LogP contribution in [0.4, 0.5) is 0 Å². The van der Waals surface area contributed by atoms with E-state index in [1.54, 1.807) is 0 Å². The molecule has 2 nitrogen and oxygen atoms in total. The highest BCUT2D eigenvalue weighted by molar-refractivity contribution is 7.80. The van der Waals surface area contributed by atoms with Crippen LogP contribution in [0.5, 0.6) is 0 Å². The van der Waals surface area contributed by atoms with Crippen LogP contribution < -0.4 is 0 Å². The summed E-state index contributed by atoms with van der Waals surface area (Å²) in [6, 6.07) is 0.760. The molecule has 0 saturated carbocycles. The van der Waals surface area contributed by atoms with Crippen molar-refractivity contribution >= 4 is 12.6 Å². The van der Waals surface area contributed by atoms with Crippen molar-refractivity contribution in [2.75, 3.05) is 32.6 Å². The van der Waals surface area contributed by atoms with E-state index in [9.17, 15) is 0 Å². The maximum Gasteiger partial charge on any atom is 0.0414 e. The maximum atomic E-state index is 4.32. The summed E-state index contributed by atoms with van der Waals surface area (Å²) < 4.78 is 0. The standard InChI is InChI=1S/C11H24N2S/c1-10(2)8-13-6-4-11(5-7-13)12(3)9-14/h10-11,14H,4-9H2,1-3H3. The molecular weight excluding hydrogens is 192 g/mol. The molecule has 1 fully saturated rings. The van der Waals surface area contributed by atoms with Crippen molar-refractivity contribution < 1.29 is 0 Å². The van der Waals surface area contributed by atoms with Crippen LogP contribution in [0, 0.1) is 5.92 Å². The Morgan fingerprint density at radius 2 is 1.93 bits per heavy atom. The molecule has 0 bridgehead atoms. The molecule has 0 N–H and O–H groups in total. The number of nitrogens with zero attached hydrogens (tertiary/aromatic N) is 2. The SMILES string of the molecule is CC(C)CN1CCC(N(C)CS)CC1. The highest BCUT2D eigenvalue weighted by Crippen LogP contribution is 2.16. The third-order valence-electron chi connectivity index (χ3n) is 3.03. The van der Waals surface area contributed by atoms with Gasteiger partial charge >= 0.3 is 0 Å². The number of hydrogen-bond donors (Lipinski definition) is 1. The normalized spacial score (nSPS) is 21.0. The molecule has 1 aliphatic heterocycles. The van der Waals surface area contributed by atoms with Crippen LogP contribution in [0.2, 0.25) is 0 Å². The van der Waals surface area contributed by atoms with Crippen molar-refractivity contribution in [2.45, 2.75) is 32.7 Å². The Balaban J connectivity index is 2.24. The fraction of sp³-hybridized carbons (Fsp3) is 1.00. The Hall–Kier alpha value is 0.270. The van der Waals surface area contributed by atoms with Gasteiger partial charge in [-0.2, -0.15) is 12.6 Å². The van der Waals surface area contributed by atoms with E-state index in [0.717, 1.165) is 17.8 Å². The Morgan fingerprint density at radius 3 is 2.36 bits per heavy atom. The Bertz CT molecular complexity index is 153. The topological polar surface area (TPSA) is 6.48 Å². The molecule has 0 aliphatic carbocycles. The number of piperidine rings is 1. The minimum atomic E-state index is 0.760. The zero-order valence-corrected chi connectivity index (χ0v) is 10.6. The van der Waals surface area contributed by atoms with E-state index in [1.165, 1.54) is 32.5 Å². The Labute approximate surface area is 94.1 Å². The molecule has 1 aliphatic rings. The lowest BCUT2D eigenvalue weighted by Crippen LogP contribution is -2.43. The fourth-order valence-corrected chi connectivity index (χ4v) is 2.41. The predicted molar refractivity (Wildman–Crippen MR) is 65.9 cm³/mol. The van der Waals surface area contributed by atoms with E-state index in [1.807, 2.05) is 0 Å². The van der Waals surface area contributed by atoms with Gasteiger partial charge in [-0.3, -0.25) is 4.90 Å². The Morgan fingerprint density at radius 1 is 1.36 bits per heavy atom. The first kappa shape index (κ1) is 12.3. The molecule has 0 amide bonds. The van der Waals surface area contributed by atoms with Gasteiger partial charge in [-0.15, -0.1) is 0 Å². The lowest BCUT2D eigenvalue weighted by Gasteiger charge is -2.36. The van der Waals surface area contributed by atoms with E-state index in [-0.39, 0.29) is 0 Å². The second kappa shape index (κ2) is 5.99. The predicted octanol–water partition coefficient (Wildman–Crippen LogP) is 1.93. The van der Waals surface area contributed by atoms with Gasteiger partial charge in [0.15, 0.2) is 0 Å². The van der Waals surface area contributed by atoms with Crippen molar-refractivity contribution in [3.8, 4) is 0 Å². The third kappa shape index (κ3) is 3.79. The lowest BCUT2D eigenvalue weighted by molar-refractivity contribution is 0.131. The first-order chi connectivity index (χ1) is 6.63. The van der Waals surface area contributed by atoms with Crippen molar-refractivity contribution in [1.82, 2.24) is 9.80 Å². The summed E-state index contributed by atoms with van der Waals surface area (Å²) in [4.78, 5) is 4.95. The highest BCUT2D eigenvalue weighted by atomic mass is 32.1. The molecule has 1 rings (SSSR count). The first-order valence-electron chi connectivity index (χ1n) is 5.67. The van der Waals surface area contributed by atoms with E-state index in [0.29, 0.717) is 0 Å². The molecule has 14 heavy (non-hydrogen) atoms. The van der Waals surface area contributed by atoms with Gasteiger partial charge in [0.1, 0.15) is 0 Å². The summed E-state index contributed by atoms with van der Waals surface area (Å²) in [5.74, 6) is 1.68. The van der Waals surface area contributed by atoms with Gasteiger partial charge in [0.2, 0.25) is 0 Å². The van der Waals surface area contributed by atoms with E-state index >= 15 is 0 Å². The van der Waals surface area contributed by atoms with Crippen LogP contribution >= 0.6 is 12.6 Å². The van der Waals surface area contributed by atoms with E-state index in [2.05, 4.69) is 43.3 Å². The van der Waals surface area contributed by atoms with Crippen molar-refractivity contribution in [3.05, 3.63) is 0 Å². The number of likely N-dealkylation sites (tertiary alicyclic amines) is 1. The molecule has 0 aromatic rings. The van der Waals surface area contributed by atoms with Gasteiger partial charge in [-0.1, -0.05) is 13.8 Å². The lowest BCUT2D eigenvalue weighted by atomic mass is 10.0. The number of hydrogen-bond acceptors (Lipinski definition) is 3. The summed E-state index contributed by atoms with van der Waals surface area (Å²) >= 11 is 4.32. The van der Waals surface area contributed by atoms with Crippen LogP contribution in [0.25, 0.3) is 0 Å². The second-order valence-electron chi connectivity index (χ2n) is 4.82. The molecule has 0 spiro atoms. The van der Waals surface area contributed by atoms with Gasteiger partial charge < -0.3 is 4.90 Å². The molecule has 1 heterocycles. The number of rotatable bonds is 4. The van der Waals surface area contributed by atoms with Crippen LogP contribution in [0.1, 0.15) is 26.7 Å². The quantitative estimate of drug-likeness (QED) is 0.567. The molecule has 84 valence electrons. The van der Waals surface area contributed by atoms with Crippen LogP contribution in [-0.4, -0.2) is 48.4 Å². The molecule has 3 heteroatoms. The van der Waals surface area contributed by atoms with Gasteiger partial charge in [0, 0.05) is 18.5 Å². The average Bonchev–Trinajstić information content (AvgIpc) is 2.17. The minimum Gasteiger partial charge on any atom is -0.303 e. The maximum absolute atomic E-state index is 4.32. The van der Waals surface area contributed by atoms with E-state index < -0.39 is 0 Å². The summed E-state index contributed by atoms with van der Waals surface area (Å²) in [6.07, 6.45) is 2.62. The number of thiol groups is 1. The Kier molecular flexibility index (Phi) is 5.28. The summed E-state index contributed by atoms with van der Waals surface area (Å²) in [6.45, 7) is 8.39. The second-order valence-corrected chi connectivity index (χ2v) is 5.11. The molecule has 1 saturated heterocycles. The molecular formula is C11H24N2S. The van der Waals surface area contributed by atoms with Crippen LogP contribution in [-0.2, 0) is 0 Å². The summed E-state index contributed by atoms with van der Waals surface area (Å²) in [7, 11) is 2.18. The fourth-order valence-electron chi connectivity index (χ4n) is 2.17. The smallest absolute Gasteiger partial charge is 0.0414 e. The van der Waals surface area contributed by atoms with Crippen molar-refractivity contribution in [3.63, 3.8) is 0 Å². The largest absolute Gasteiger partial charge is 0.303 e. The summed E-state index contributed by atoms with van der Waals surface area (Å²) in [5.41, 5.74) is 0. The monoisotopic (exact) mass is 216 g/mol. The zero-order chi connectivity index (χ0) is 10.6. The minimum absolute atomic E-state index is 0.760. The van der Waals surface area contributed by atoms with Gasteiger partial charge in [-0.25, -0.2) is 0 Å². The van der Waals surface area contributed by atoms with Crippen molar-refractivity contribution in [1.29, 1.82) is 0 Å². The van der Waals surface area contributed by atoms with Gasteiger partial charge in [-0.05, 0) is 38.9 Å². The van der Waals surface area contributed by atoms with Gasteiger partial charge in [0.25, 0.3) is 0 Å². The third-order valence-corrected chi connectivity index (χ3v) is 3.47. The molecule has 0 aromatic carbocycles. The van der Waals surface area contributed by atoms with Gasteiger partial charge in [0.05, 0.1) is 0 Å². The molecule has 0 atom stereocenters. The zero-order valence-electron chi connectivity index (χ0n) is 9.74. The van der Waals surface area contributed by atoms with Crippen LogP contribution in [0.3, 0.4) is 0 Å².